The van der Waals surface area contributed by atoms with Crippen LogP contribution in [0.5, 0.6) is 0 Å². The van der Waals surface area contributed by atoms with Crippen LogP contribution in [0.1, 0.15) is 29.0 Å². The van der Waals surface area contributed by atoms with Crippen molar-refractivity contribution < 1.29 is 9.21 Å². The van der Waals surface area contributed by atoms with Gasteiger partial charge in [-0.15, -0.1) is 0 Å². The molecule has 2 aliphatic heterocycles. The maximum Gasteiger partial charge on any atom is 0.289 e. The lowest BCUT2D eigenvalue weighted by Crippen LogP contribution is -2.50. The van der Waals surface area contributed by atoms with E-state index in [-0.39, 0.29) is 5.91 Å². The molecule has 0 saturated carbocycles. The lowest BCUT2D eigenvalue weighted by Gasteiger charge is -2.39. The van der Waals surface area contributed by atoms with Gasteiger partial charge in [-0.3, -0.25) is 9.69 Å². The summed E-state index contributed by atoms with van der Waals surface area (Å²) in [6, 6.07) is 12.0. The number of piperidine rings is 1. The number of piperazine rings is 1. The first-order chi connectivity index (χ1) is 15.6. The van der Waals surface area contributed by atoms with Crippen molar-refractivity contribution in [3.8, 4) is 0 Å². The molecule has 0 bridgehead atoms. The van der Waals surface area contributed by atoms with Crippen molar-refractivity contribution >= 4 is 38.6 Å². The monoisotopic (exact) mass is 496 g/mol. The average Bonchev–Trinajstić information content (AvgIpc) is 3.15. The molecule has 1 aromatic carbocycles. The maximum absolute atomic E-state index is 13.3. The Morgan fingerprint density at radius 3 is 2.78 bits per heavy atom. The quantitative estimate of drug-likeness (QED) is 0.529. The van der Waals surface area contributed by atoms with E-state index in [9.17, 15) is 4.79 Å². The van der Waals surface area contributed by atoms with Crippen LogP contribution in [0.4, 0.5) is 5.82 Å². The van der Waals surface area contributed by atoms with E-state index >= 15 is 0 Å². The number of furan rings is 1. The Bertz CT molecular complexity index is 1090. The number of aryl methyl sites for hydroxylation is 1. The predicted octanol–water partition coefficient (Wildman–Crippen LogP) is 4.57. The highest BCUT2D eigenvalue weighted by atomic mass is 79.9. The van der Waals surface area contributed by atoms with Crippen molar-refractivity contribution in [1.82, 2.24) is 14.8 Å². The molecule has 2 aromatic heterocycles. The van der Waals surface area contributed by atoms with Crippen molar-refractivity contribution in [3.63, 3.8) is 0 Å². The van der Waals surface area contributed by atoms with Crippen LogP contribution in [-0.2, 0) is 0 Å². The van der Waals surface area contributed by atoms with Gasteiger partial charge in [-0.1, -0.05) is 22.0 Å². The summed E-state index contributed by atoms with van der Waals surface area (Å²) in [5.41, 5.74) is 1.70. The minimum absolute atomic E-state index is 0.0273. The van der Waals surface area contributed by atoms with Crippen molar-refractivity contribution in [3.05, 3.63) is 58.4 Å². The number of nitrogens with zero attached hydrogens (tertiary/aromatic N) is 4. The SMILES string of the molecule is Cc1c(C(=O)N2CCCC(CN3CCN(c4ccccn4)CC3)C2)oc2ccc(Br)cc12. The molecule has 1 amide bonds. The van der Waals surface area contributed by atoms with Crippen LogP contribution >= 0.6 is 15.9 Å². The number of aromatic nitrogens is 1. The van der Waals surface area contributed by atoms with Gasteiger partial charge < -0.3 is 14.2 Å². The number of anilines is 1. The number of pyridine rings is 1. The highest BCUT2D eigenvalue weighted by molar-refractivity contribution is 9.10. The van der Waals surface area contributed by atoms with E-state index in [1.54, 1.807) is 0 Å². The van der Waals surface area contributed by atoms with E-state index in [2.05, 4.69) is 36.8 Å². The van der Waals surface area contributed by atoms with E-state index in [0.29, 0.717) is 11.7 Å². The highest BCUT2D eigenvalue weighted by Crippen LogP contribution is 2.30. The Hall–Kier alpha value is -2.38. The van der Waals surface area contributed by atoms with Crippen molar-refractivity contribution in [2.45, 2.75) is 19.8 Å². The third-order valence-electron chi connectivity index (χ3n) is 6.76. The second kappa shape index (κ2) is 9.24. The first kappa shape index (κ1) is 21.5. The third kappa shape index (κ3) is 4.41. The Balaban J connectivity index is 1.20. The van der Waals surface area contributed by atoms with E-state index in [1.807, 2.05) is 48.4 Å². The number of likely N-dealkylation sites (tertiary alicyclic amines) is 1. The Morgan fingerprint density at radius 2 is 2.00 bits per heavy atom. The number of halogens is 1. The molecule has 3 aromatic rings. The summed E-state index contributed by atoms with van der Waals surface area (Å²) in [7, 11) is 0. The van der Waals surface area contributed by atoms with Gasteiger partial charge in [-0.2, -0.15) is 0 Å². The summed E-state index contributed by atoms with van der Waals surface area (Å²) in [5, 5.41) is 1.00. The number of amides is 1. The molecule has 0 spiro atoms. The molecule has 0 radical (unpaired) electrons. The third-order valence-corrected chi connectivity index (χ3v) is 7.25. The normalized spacial score (nSPS) is 20.1. The molecule has 2 saturated heterocycles. The van der Waals surface area contributed by atoms with Gasteiger partial charge in [0.15, 0.2) is 5.76 Å². The Kier molecular flexibility index (Phi) is 6.20. The molecule has 1 atom stereocenters. The Labute approximate surface area is 197 Å². The zero-order valence-corrected chi connectivity index (χ0v) is 20.1. The molecule has 0 N–H and O–H groups in total. The second-order valence-corrected chi connectivity index (χ2v) is 9.85. The molecular weight excluding hydrogens is 468 g/mol. The van der Waals surface area contributed by atoms with Crippen LogP contribution in [0.15, 0.2) is 51.5 Å². The summed E-state index contributed by atoms with van der Waals surface area (Å²) >= 11 is 3.51. The smallest absolute Gasteiger partial charge is 0.289 e. The fourth-order valence-corrected chi connectivity index (χ4v) is 5.37. The van der Waals surface area contributed by atoms with E-state index in [0.717, 1.165) is 79.1 Å². The molecule has 2 fully saturated rings. The minimum Gasteiger partial charge on any atom is -0.451 e. The average molecular weight is 497 g/mol. The molecule has 7 heteroatoms. The molecule has 32 heavy (non-hydrogen) atoms. The van der Waals surface area contributed by atoms with Gasteiger partial charge in [-0.05, 0) is 56.0 Å². The maximum atomic E-state index is 13.3. The van der Waals surface area contributed by atoms with Gasteiger partial charge >= 0.3 is 0 Å². The lowest BCUT2D eigenvalue weighted by molar-refractivity contribution is 0.0607. The van der Waals surface area contributed by atoms with E-state index < -0.39 is 0 Å². The summed E-state index contributed by atoms with van der Waals surface area (Å²) in [5.74, 6) is 2.09. The molecule has 4 heterocycles. The number of rotatable bonds is 4. The van der Waals surface area contributed by atoms with Crippen LogP contribution in [0.3, 0.4) is 0 Å². The van der Waals surface area contributed by atoms with Crippen LogP contribution in [0, 0.1) is 12.8 Å². The minimum atomic E-state index is 0.0273. The van der Waals surface area contributed by atoms with Crippen LogP contribution in [0.25, 0.3) is 11.0 Å². The number of carbonyl (C=O) groups excluding carboxylic acids is 1. The summed E-state index contributed by atoms with van der Waals surface area (Å²) in [6.45, 7) is 8.72. The molecule has 5 rings (SSSR count). The van der Waals surface area contributed by atoms with Crippen LogP contribution in [0.2, 0.25) is 0 Å². The first-order valence-electron chi connectivity index (χ1n) is 11.4. The van der Waals surface area contributed by atoms with Crippen molar-refractivity contribution in [2.75, 3.05) is 50.7 Å². The number of carbonyl (C=O) groups is 1. The molecular formula is C25H29BrN4O2. The fraction of sp³-hybridized carbons (Fsp3) is 0.440. The topological polar surface area (TPSA) is 52.8 Å². The van der Waals surface area contributed by atoms with Crippen LogP contribution in [-0.4, -0.2) is 66.5 Å². The molecule has 0 aliphatic carbocycles. The standard InChI is InChI=1S/C25H29BrN4O2/c1-18-21-15-20(26)7-8-22(21)32-24(18)25(31)30-10-4-5-19(17-30)16-28-11-13-29(14-12-28)23-6-2-3-9-27-23/h2-3,6-9,15,19H,4-5,10-14,16-17H2,1H3. The summed E-state index contributed by atoms with van der Waals surface area (Å²) in [6.07, 6.45) is 4.09. The molecule has 168 valence electrons. The fourth-order valence-electron chi connectivity index (χ4n) is 5.00. The van der Waals surface area contributed by atoms with Gasteiger partial charge in [0, 0.05) is 67.4 Å². The molecule has 2 aliphatic rings. The van der Waals surface area contributed by atoms with Gasteiger partial charge in [0.05, 0.1) is 0 Å². The Morgan fingerprint density at radius 1 is 1.16 bits per heavy atom. The van der Waals surface area contributed by atoms with Crippen molar-refractivity contribution in [2.24, 2.45) is 5.92 Å². The van der Waals surface area contributed by atoms with Crippen LogP contribution < -0.4 is 4.90 Å². The number of hydrogen-bond donors (Lipinski definition) is 0. The lowest BCUT2D eigenvalue weighted by atomic mass is 9.96. The number of benzene rings is 1. The second-order valence-electron chi connectivity index (χ2n) is 8.93. The van der Waals surface area contributed by atoms with E-state index in [1.165, 1.54) is 6.42 Å². The van der Waals surface area contributed by atoms with E-state index in [4.69, 9.17) is 4.42 Å². The van der Waals surface area contributed by atoms with Gasteiger partial charge in [0.2, 0.25) is 0 Å². The number of hydrogen-bond acceptors (Lipinski definition) is 5. The zero-order valence-electron chi connectivity index (χ0n) is 18.5. The first-order valence-corrected chi connectivity index (χ1v) is 12.2. The summed E-state index contributed by atoms with van der Waals surface area (Å²) in [4.78, 5) is 24.7. The predicted molar refractivity (Wildman–Crippen MR) is 130 cm³/mol. The molecule has 6 nitrogen and oxygen atoms in total. The summed E-state index contributed by atoms with van der Waals surface area (Å²) < 4.78 is 6.97. The van der Waals surface area contributed by atoms with Crippen molar-refractivity contribution in [1.29, 1.82) is 0 Å². The zero-order chi connectivity index (χ0) is 22.1. The highest BCUT2D eigenvalue weighted by Gasteiger charge is 2.30. The van der Waals surface area contributed by atoms with Gasteiger partial charge in [0.25, 0.3) is 5.91 Å². The number of fused-ring (bicyclic) bond motifs is 1. The molecule has 1 unspecified atom stereocenters. The van der Waals surface area contributed by atoms with Gasteiger partial charge in [0.1, 0.15) is 11.4 Å². The van der Waals surface area contributed by atoms with Gasteiger partial charge in [-0.25, -0.2) is 4.98 Å². The largest absolute Gasteiger partial charge is 0.451 e.